The fourth-order valence-corrected chi connectivity index (χ4v) is 2.84. The van der Waals surface area contributed by atoms with Crippen LogP contribution in [0.5, 0.6) is 11.5 Å². The van der Waals surface area contributed by atoms with Crippen LogP contribution in [-0.4, -0.2) is 12.5 Å². The monoisotopic (exact) mass is 375 g/mol. The van der Waals surface area contributed by atoms with Crippen LogP contribution in [-0.2, 0) is 6.61 Å². The zero-order valence-electron chi connectivity index (χ0n) is 16.5. The molecule has 4 nitrogen and oxygen atoms in total. The summed E-state index contributed by atoms with van der Waals surface area (Å²) in [5.41, 5.74) is 4.44. The van der Waals surface area contributed by atoms with Crippen LogP contribution in [0.3, 0.4) is 0 Å². The fraction of sp³-hybridized carbons (Fsp3) is 0.208. The lowest BCUT2D eigenvalue weighted by Gasteiger charge is -2.14. The highest BCUT2D eigenvalue weighted by atomic mass is 16.5. The van der Waals surface area contributed by atoms with Gasteiger partial charge in [0.2, 0.25) is 0 Å². The fourth-order valence-electron chi connectivity index (χ4n) is 2.84. The first-order valence-electron chi connectivity index (χ1n) is 9.38. The first kappa shape index (κ1) is 19.5. The number of rotatable bonds is 7. The van der Waals surface area contributed by atoms with Crippen molar-refractivity contribution in [3.05, 3.63) is 89.0 Å². The van der Waals surface area contributed by atoms with Crippen molar-refractivity contribution in [1.29, 1.82) is 0 Å². The lowest BCUT2D eigenvalue weighted by Crippen LogP contribution is -2.13. The van der Waals surface area contributed by atoms with Gasteiger partial charge in [0.1, 0.15) is 18.1 Å². The van der Waals surface area contributed by atoms with Crippen molar-refractivity contribution < 1.29 is 14.3 Å². The van der Waals surface area contributed by atoms with Crippen molar-refractivity contribution in [3.8, 4) is 11.5 Å². The Balaban J connectivity index is 1.77. The van der Waals surface area contributed by atoms with Crippen molar-refractivity contribution in [2.45, 2.75) is 27.4 Å². The molecule has 0 saturated carbocycles. The van der Waals surface area contributed by atoms with Gasteiger partial charge in [0.05, 0.1) is 6.61 Å². The summed E-state index contributed by atoms with van der Waals surface area (Å²) in [5, 5.41) is 2.92. The van der Waals surface area contributed by atoms with Gasteiger partial charge < -0.3 is 14.8 Å². The third-order valence-corrected chi connectivity index (χ3v) is 4.32. The average molecular weight is 375 g/mol. The number of nitrogens with one attached hydrogen (secondary N) is 1. The molecular weight excluding hydrogens is 350 g/mol. The largest absolute Gasteiger partial charge is 0.493 e. The number of amides is 1. The number of carbonyl (C=O) groups excluding carboxylic acids is 1. The minimum atomic E-state index is -0.163. The maximum atomic E-state index is 12.6. The highest BCUT2D eigenvalue weighted by Gasteiger charge is 2.12. The molecule has 3 aromatic rings. The maximum Gasteiger partial charge on any atom is 0.255 e. The van der Waals surface area contributed by atoms with E-state index in [1.54, 1.807) is 6.07 Å². The van der Waals surface area contributed by atoms with Gasteiger partial charge in [0, 0.05) is 16.8 Å². The second kappa shape index (κ2) is 9.09. The number of benzene rings is 3. The van der Waals surface area contributed by atoms with Crippen LogP contribution in [0, 0.1) is 13.8 Å². The van der Waals surface area contributed by atoms with E-state index >= 15 is 0 Å². The van der Waals surface area contributed by atoms with Gasteiger partial charge in [-0.2, -0.15) is 0 Å². The standard InChI is InChI=1S/C24H25NO3/c1-4-27-23-13-10-19(24(26)25-21-11-8-17(2)9-12-21)15-20(23)16-28-22-7-5-6-18(3)14-22/h5-15H,4,16H2,1-3H3,(H,25,26). The van der Waals surface area contributed by atoms with Crippen LogP contribution >= 0.6 is 0 Å². The third kappa shape index (κ3) is 5.13. The van der Waals surface area contributed by atoms with Crippen LogP contribution in [0.25, 0.3) is 0 Å². The lowest BCUT2D eigenvalue weighted by molar-refractivity contribution is 0.102. The van der Waals surface area contributed by atoms with Crippen LogP contribution < -0.4 is 14.8 Å². The van der Waals surface area contributed by atoms with E-state index in [-0.39, 0.29) is 5.91 Å². The Bertz CT molecular complexity index is 948. The smallest absolute Gasteiger partial charge is 0.255 e. The highest BCUT2D eigenvalue weighted by Crippen LogP contribution is 2.24. The molecule has 0 fully saturated rings. The normalized spacial score (nSPS) is 10.4. The van der Waals surface area contributed by atoms with E-state index in [4.69, 9.17) is 9.47 Å². The molecular formula is C24H25NO3. The van der Waals surface area contributed by atoms with Gasteiger partial charge >= 0.3 is 0 Å². The number of carbonyl (C=O) groups is 1. The number of aryl methyl sites for hydroxylation is 2. The SMILES string of the molecule is CCOc1ccc(C(=O)Nc2ccc(C)cc2)cc1COc1cccc(C)c1. The summed E-state index contributed by atoms with van der Waals surface area (Å²) in [6.45, 7) is 6.84. The summed E-state index contributed by atoms with van der Waals surface area (Å²) in [5.74, 6) is 1.35. The molecule has 0 unspecified atom stereocenters. The summed E-state index contributed by atoms with van der Waals surface area (Å²) >= 11 is 0. The van der Waals surface area contributed by atoms with Crippen LogP contribution in [0.4, 0.5) is 5.69 Å². The van der Waals surface area contributed by atoms with Crippen molar-refractivity contribution in [2.24, 2.45) is 0 Å². The highest BCUT2D eigenvalue weighted by molar-refractivity contribution is 6.04. The summed E-state index contributed by atoms with van der Waals surface area (Å²) in [7, 11) is 0. The molecule has 0 radical (unpaired) electrons. The topological polar surface area (TPSA) is 47.6 Å². The molecule has 1 N–H and O–H groups in total. The minimum Gasteiger partial charge on any atom is -0.493 e. The van der Waals surface area contributed by atoms with E-state index in [1.807, 2.05) is 81.4 Å². The van der Waals surface area contributed by atoms with Gasteiger partial charge in [-0.3, -0.25) is 4.79 Å². The van der Waals surface area contributed by atoms with E-state index in [0.717, 1.165) is 33.9 Å². The zero-order chi connectivity index (χ0) is 19.9. The molecule has 0 atom stereocenters. The lowest BCUT2D eigenvalue weighted by atomic mass is 10.1. The van der Waals surface area contributed by atoms with E-state index in [1.165, 1.54) is 0 Å². The summed E-state index contributed by atoms with van der Waals surface area (Å²) in [6, 6.07) is 21.0. The second-order valence-corrected chi connectivity index (χ2v) is 6.68. The number of ether oxygens (including phenoxy) is 2. The van der Waals surface area contributed by atoms with E-state index < -0.39 is 0 Å². The Morgan fingerprint density at radius 1 is 0.893 bits per heavy atom. The van der Waals surface area contributed by atoms with Crippen LogP contribution in [0.2, 0.25) is 0 Å². The molecule has 144 valence electrons. The molecule has 0 heterocycles. The minimum absolute atomic E-state index is 0.163. The third-order valence-electron chi connectivity index (χ3n) is 4.32. The molecule has 0 aliphatic carbocycles. The Morgan fingerprint density at radius 2 is 1.68 bits per heavy atom. The molecule has 0 bridgehead atoms. The van der Waals surface area contributed by atoms with Crippen molar-refractivity contribution in [2.75, 3.05) is 11.9 Å². The molecule has 0 aliphatic rings. The summed E-state index contributed by atoms with van der Waals surface area (Å²) in [6.07, 6.45) is 0. The predicted molar refractivity (Wildman–Crippen MR) is 112 cm³/mol. The van der Waals surface area contributed by atoms with Gasteiger partial charge in [0.25, 0.3) is 5.91 Å². The Labute approximate surface area is 166 Å². The van der Waals surface area contributed by atoms with Gasteiger partial charge in [-0.1, -0.05) is 29.8 Å². The van der Waals surface area contributed by atoms with Crippen LogP contribution in [0.15, 0.2) is 66.7 Å². The Hall–Kier alpha value is -3.27. The number of hydrogen-bond donors (Lipinski definition) is 1. The summed E-state index contributed by atoms with van der Waals surface area (Å²) < 4.78 is 11.6. The second-order valence-electron chi connectivity index (χ2n) is 6.68. The molecule has 0 aliphatic heterocycles. The average Bonchev–Trinajstić information content (AvgIpc) is 2.69. The van der Waals surface area contributed by atoms with Crippen molar-refractivity contribution in [1.82, 2.24) is 0 Å². The predicted octanol–water partition coefficient (Wildman–Crippen LogP) is 5.53. The number of hydrogen-bond acceptors (Lipinski definition) is 3. The van der Waals surface area contributed by atoms with Crippen LogP contribution in [0.1, 0.15) is 34.0 Å². The Kier molecular flexibility index (Phi) is 6.33. The molecule has 0 saturated heterocycles. The van der Waals surface area contributed by atoms with E-state index in [9.17, 15) is 4.79 Å². The van der Waals surface area contributed by atoms with Crippen molar-refractivity contribution in [3.63, 3.8) is 0 Å². The van der Waals surface area contributed by atoms with Gasteiger partial charge in [0.15, 0.2) is 0 Å². The van der Waals surface area contributed by atoms with E-state index in [2.05, 4.69) is 5.32 Å². The zero-order valence-corrected chi connectivity index (χ0v) is 16.5. The molecule has 1 amide bonds. The van der Waals surface area contributed by atoms with Gasteiger partial charge in [-0.05, 0) is 68.8 Å². The van der Waals surface area contributed by atoms with Gasteiger partial charge in [-0.25, -0.2) is 0 Å². The number of anilines is 1. The maximum absolute atomic E-state index is 12.6. The van der Waals surface area contributed by atoms with Crippen molar-refractivity contribution >= 4 is 11.6 Å². The first-order chi connectivity index (χ1) is 13.5. The Morgan fingerprint density at radius 3 is 2.39 bits per heavy atom. The summed E-state index contributed by atoms with van der Waals surface area (Å²) in [4.78, 5) is 12.6. The molecule has 3 aromatic carbocycles. The molecule has 0 aromatic heterocycles. The first-order valence-corrected chi connectivity index (χ1v) is 9.38. The van der Waals surface area contributed by atoms with Gasteiger partial charge in [-0.15, -0.1) is 0 Å². The molecule has 0 spiro atoms. The molecule has 4 heteroatoms. The molecule has 3 rings (SSSR count). The quantitative estimate of drug-likeness (QED) is 0.590. The van der Waals surface area contributed by atoms with E-state index in [0.29, 0.717) is 18.8 Å². The molecule has 28 heavy (non-hydrogen) atoms.